The number of ether oxygens (including phenoxy) is 1. The number of amides is 2. The van der Waals surface area contributed by atoms with Gasteiger partial charge in [0, 0.05) is 39.3 Å². The van der Waals surface area contributed by atoms with Crippen LogP contribution in [0.2, 0.25) is 0 Å². The number of nitrogens with zero attached hydrogens (tertiary/aromatic N) is 1. The molecule has 1 aliphatic rings. The minimum Gasteiger partial charge on any atom is -0.473 e. The molecule has 6 nitrogen and oxygen atoms in total. The smallest absolute Gasteiger partial charge is 0.317 e. The van der Waals surface area contributed by atoms with Gasteiger partial charge in [0.15, 0.2) is 6.73 Å². The van der Waals surface area contributed by atoms with E-state index in [9.17, 15) is 4.79 Å². The molecule has 23 heavy (non-hydrogen) atoms. The van der Waals surface area contributed by atoms with Crippen LogP contribution in [0.5, 0.6) is 5.75 Å². The molecule has 0 unspecified atom stereocenters. The highest BCUT2D eigenvalue weighted by Crippen LogP contribution is 2.12. The monoisotopic (exact) mass is 320 g/mol. The Labute approximate surface area is 138 Å². The molecule has 0 saturated carbocycles. The summed E-state index contributed by atoms with van der Waals surface area (Å²) in [5, 5.41) is 8.87. The van der Waals surface area contributed by atoms with E-state index in [-0.39, 0.29) is 12.8 Å². The van der Waals surface area contributed by atoms with Gasteiger partial charge in [-0.25, -0.2) is 4.79 Å². The molecule has 6 heteroatoms. The summed E-state index contributed by atoms with van der Waals surface area (Å²) in [4.78, 5) is 14.0. The predicted molar refractivity (Wildman–Crippen MR) is 91.8 cm³/mol. The van der Waals surface area contributed by atoms with E-state index in [0.717, 1.165) is 51.3 Å². The maximum absolute atomic E-state index is 11.7. The predicted octanol–water partition coefficient (Wildman–Crippen LogP) is 1.18. The fraction of sp³-hybridized carbons (Fsp3) is 0.588. The lowest BCUT2D eigenvalue weighted by molar-refractivity contribution is 0.216. The molecule has 1 saturated heterocycles. The van der Waals surface area contributed by atoms with E-state index in [1.807, 2.05) is 12.1 Å². The molecule has 0 spiro atoms. The number of carbonyl (C=O) groups is 1. The maximum Gasteiger partial charge on any atom is 0.317 e. The van der Waals surface area contributed by atoms with E-state index in [1.54, 1.807) is 0 Å². The van der Waals surface area contributed by atoms with Crippen molar-refractivity contribution in [1.29, 1.82) is 0 Å². The van der Waals surface area contributed by atoms with Crippen LogP contribution in [0, 0.1) is 0 Å². The molecule has 0 aliphatic carbocycles. The lowest BCUT2D eigenvalue weighted by atomic mass is 10.1. The minimum atomic E-state index is -0.192. The van der Waals surface area contributed by atoms with Gasteiger partial charge in [0.25, 0.3) is 0 Å². The SMILES string of the molecule is CCCc1ccc(OCNC(=O)NCCN2CCNCC2)cc1. The van der Waals surface area contributed by atoms with Crippen LogP contribution in [-0.4, -0.2) is 56.9 Å². The molecule has 2 rings (SSSR count). The van der Waals surface area contributed by atoms with Crippen molar-refractivity contribution in [2.24, 2.45) is 0 Å². The van der Waals surface area contributed by atoms with E-state index in [1.165, 1.54) is 5.56 Å². The van der Waals surface area contributed by atoms with Gasteiger partial charge in [-0.3, -0.25) is 4.90 Å². The first kappa shape index (κ1) is 17.6. The van der Waals surface area contributed by atoms with Crippen molar-refractivity contribution in [3.05, 3.63) is 29.8 Å². The summed E-state index contributed by atoms with van der Waals surface area (Å²) in [5.41, 5.74) is 1.30. The third-order valence-electron chi connectivity index (χ3n) is 3.86. The molecule has 1 heterocycles. The van der Waals surface area contributed by atoms with Crippen LogP contribution in [0.1, 0.15) is 18.9 Å². The van der Waals surface area contributed by atoms with Crippen molar-refractivity contribution in [2.75, 3.05) is 46.0 Å². The van der Waals surface area contributed by atoms with Crippen molar-refractivity contribution in [3.8, 4) is 5.75 Å². The van der Waals surface area contributed by atoms with Crippen molar-refractivity contribution in [1.82, 2.24) is 20.9 Å². The van der Waals surface area contributed by atoms with Gasteiger partial charge in [-0.05, 0) is 24.1 Å². The van der Waals surface area contributed by atoms with Crippen molar-refractivity contribution in [2.45, 2.75) is 19.8 Å². The summed E-state index contributed by atoms with van der Waals surface area (Å²) < 4.78 is 5.52. The maximum atomic E-state index is 11.7. The Morgan fingerprint density at radius 1 is 1.22 bits per heavy atom. The van der Waals surface area contributed by atoms with Gasteiger partial charge >= 0.3 is 6.03 Å². The molecule has 1 fully saturated rings. The number of carbonyl (C=O) groups excluding carboxylic acids is 1. The van der Waals surface area contributed by atoms with Crippen LogP contribution in [0.3, 0.4) is 0 Å². The number of aryl methyl sites for hydroxylation is 1. The van der Waals surface area contributed by atoms with Gasteiger partial charge in [0.2, 0.25) is 0 Å². The average molecular weight is 320 g/mol. The van der Waals surface area contributed by atoms with Gasteiger partial charge in [0.05, 0.1) is 0 Å². The van der Waals surface area contributed by atoms with Gasteiger partial charge < -0.3 is 20.7 Å². The summed E-state index contributed by atoms with van der Waals surface area (Å²) in [6.07, 6.45) is 2.21. The van der Waals surface area contributed by atoms with Crippen molar-refractivity contribution < 1.29 is 9.53 Å². The molecule has 0 aromatic heterocycles. The Balaban J connectivity index is 1.55. The number of rotatable bonds is 8. The van der Waals surface area contributed by atoms with E-state index in [2.05, 4.69) is 39.9 Å². The molecule has 3 N–H and O–H groups in total. The summed E-state index contributed by atoms with van der Waals surface area (Å²) in [6.45, 7) is 8.00. The normalized spacial score (nSPS) is 15.2. The Morgan fingerprint density at radius 2 is 1.96 bits per heavy atom. The average Bonchev–Trinajstić information content (AvgIpc) is 2.58. The van der Waals surface area contributed by atoms with E-state index in [4.69, 9.17) is 4.74 Å². The highest BCUT2D eigenvalue weighted by Gasteiger charge is 2.09. The second-order valence-corrected chi connectivity index (χ2v) is 5.71. The Hall–Kier alpha value is -1.79. The highest BCUT2D eigenvalue weighted by molar-refractivity contribution is 5.73. The molecular formula is C17H28N4O2. The molecule has 2 amide bonds. The summed E-state index contributed by atoms with van der Waals surface area (Å²) in [6, 6.07) is 7.81. The zero-order valence-electron chi connectivity index (χ0n) is 13.9. The van der Waals surface area contributed by atoms with E-state index in [0.29, 0.717) is 6.54 Å². The molecule has 0 atom stereocenters. The summed E-state index contributed by atoms with van der Waals surface area (Å²) in [5.74, 6) is 0.769. The third-order valence-corrected chi connectivity index (χ3v) is 3.86. The summed E-state index contributed by atoms with van der Waals surface area (Å²) in [7, 11) is 0. The third kappa shape index (κ3) is 6.88. The molecule has 1 aliphatic heterocycles. The number of hydrogen-bond acceptors (Lipinski definition) is 4. The van der Waals surface area contributed by atoms with Crippen molar-refractivity contribution >= 4 is 6.03 Å². The number of piperazine rings is 1. The molecule has 128 valence electrons. The zero-order valence-corrected chi connectivity index (χ0v) is 13.9. The van der Waals surface area contributed by atoms with E-state index < -0.39 is 0 Å². The van der Waals surface area contributed by atoms with Gasteiger partial charge in [-0.1, -0.05) is 25.5 Å². The Bertz CT molecular complexity index is 458. The fourth-order valence-corrected chi connectivity index (χ4v) is 2.55. The van der Waals surface area contributed by atoms with Crippen LogP contribution in [0.25, 0.3) is 0 Å². The van der Waals surface area contributed by atoms with Crippen LogP contribution < -0.4 is 20.7 Å². The van der Waals surface area contributed by atoms with E-state index >= 15 is 0 Å². The number of benzene rings is 1. The molecule has 1 aromatic rings. The van der Waals surface area contributed by atoms with Gasteiger partial charge in [0.1, 0.15) is 5.75 Å². The second kappa shape index (κ2) is 10.1. The number of hydrogen-bond donors (Lipinski definition) is 3. The lowest BCUT2D eigenvalue weighted by Crippen LogP contribution is -2.47. The van der Waals surface area contributed by atoms with Gasteiger partial charge in [-0.15, -0.1) is 0 Å². The second-order valence-electron chi connectivity index (χ2n) is 5.71. The summed E-state index contributed by atoms with van der Waals surface area (Å²) >= 11 is 0. The largest absolute Gasteiger partial charge is 0.473 e. The van der Waals surface area contributed by atoms with Gasteiger partial charge in [-0.2, -0.15) is 0 Å². The first-order valence-corrected chi connectivity index (χ1v) is 8.44. The van der Waals surface area contributed by atoms with Crippen LogP contribution in [0.4, 0.5) is 4.79 Å². The van der Waals surface area contributed by atoms with Crippen molar-refractivity contribution in [3.63, 3.8) is 0 Å². The molecular weight excluding hydrogens is 292 g/mol. The topological polar surface area (TPSA) is 65.6 Å². The quantitative estimate of drug-likeness (QED) is 0.629. The lowest BCUT2D eigenvalue weighted by Gasteiger charge is -2.27. The Morgan fingerprint density at radius 3 is 2.65 bits per heavy atom. The van der Waals surface area contributed by atoms with Crippen LogP contribution >= 0.6 is 0 Å². The highest BCUT2D eigenvalue weighted by atomic mass is 16.5. The molecule has 0 bridgehead atoms. The first-order valence-electron chi connectivity index (χ1n) is 8.44. The molecule has 1 aromatic carbocycles. The zero-order chi connectivity index (χ0) is 16.3. The standard InChI is InChI=1S/C17H28N4O2/c1-2-3-15-4-6-16(7-5-15)23-14-20-17(22)19-10-13-21-11-8-18-9-12-21/h4-7,18H,2-3,8-14H2,1H3,(H2,19,20,22). The minimum absolute atomic E-state index is 0.173. The first-order chi connectivity index (χ1) is 11.3. The van der Waals surface area contributed by atoms with Crippen LogP contribution in [0.15, 0.2) is 24.3 Å². The fourth-order valence-electron chi connectivity index (χ4n) is 2.55. The number of urea groups is 1. The Kier molecular flexibility index (Phi) is 7.69. The molecule has 0 radical (unpaired) electrons. The number of nitrogens with one attached hydrogen (secondary N) is 3. The van der Waals surface area contributed by atoms with Crippen LogP contribution in [-0.2, 0) is 6.42 Å².